The van der Waals surface area contributed by atoms with Crippen LogP contribution in [-0.2, 0) is 10.8 Å². The van der Waals surface area contributed by atoms with Crippen LogP contribution in [0.25, 0.3) is 16.6 Å². The summed E-state index contributed by atoms with van der Waals surface area (Å²) >= 11 is 0. The molecule has 0 N–H and O–H groups in total. The van der Waals surface area contributed by atoms with Gasteiger partial charge in [-0.05, 0) is 28.5 Å². The van der Waals surface area contributed by atoms with E-state index in [1.54, 1.807) is 7.11 Å². The first kappa shape index (κ1) is 17.5. The van der Waals surface area contributed by atoms with Crippen molar-refractivity contribution in [2.24, 2.45) is 0 Å². The van der Waals surface area contributed by atoms with Gasteiger partial charge < -0.3 is 4.74 Å². The Morgan fingerprint density at radius 2 is 1.60 bits per heavy atom. The Labute approximate surface area is 150 Å². The summed E-state index contributed by atoms with van der Waals surface area (Å²) < 4.78 is 7.81. The lowest BCUT2D eigenvalue weighted by atomic mass is 9.79. The molecule has 0 amide bonds. The van der Waals surface area contributed by atoms with Gasteiger partial charge in [-0.15, -0.1) is 0 Å². The van der Waals surface area contributed by atoms with E-state index in [4.69, 9.17) is 9.84 Å². The quantitative estimate of drug-likeness (QED) is 0.606. The van der Waals surface area contributed by atoms with Gasteiger partial charge in [0.15, 0.2) is 0 Å². The van der Waals surface area contributed by atoms with E-state index in [0.717, 1.165) is 22.3 Å². The maximum atomic E-state index is 5.86. The molecular weight excluding hydrogens is 308 g/mol. The minimum absolute atomic E-state index is 0.0199. The van der Waals surface area contributed by atoms with E-state index in [0.29, 0.717) is 0 Å². The van der Waals surface area contributed by atoms with Crippen LogP contribution in [0.2, 0.25) is 0 Å². The Morgan fingerprint density at radius 1 is 0.920 bits per heavy atom. The zero-order valence-corrected chi connectivity index (χ0v) is 16.3. The summed E-state index contributed by atoms with van der Waals surface area (Å²) in [5.41, 5.74) is 4.51. The van der Waals surface area contributed by atoms with E-state index in [1.165, 1.54) is 11.1 Å². The third kappa shape index (κ3) is 3.28. The van der Waals surface area contributed by atoms with Crippen molar-refractivity contribution in [1.82, 2.24) is 9.78 Å². The predicted octanol–water partition coefficient (Wildman–Crippen LogP) is 5.63. The summed E-state index contributed by atoms with van der Waals surface area (Å²) in [4.78, 5) is 0. The van der Waals surface area contributed by atoms with Gasteiger partial charge in [-0.25, -0.2) is 4.68 Å². The van der Waals surface area contributed by atoms with Crippen molar-refractivity contribution >= 4 is 10.9 Å². The van der Waals surface area contributed by atoms with Gasteiger partial charge in [-0.3, -0.25) is 0 Å². The lowest BCUT2D eigenvalue weighted by Gasteiger charge is -2.28. The molecule has 3 nitrogen and oxygen atoms in total. The maximum Gasteiger partial charge on any atom is 0.148 e. The van der Waals surface area contributed by atoms with Gasteiger partial charge in [0, 0.05) is 17.1 Å². The molecule has 0 fully saturated rings. The number of rotatable bonds is 2. The van der Waals surface area contributed by atoms with Crippen LogP contribution >= 0.6 is 0 Å². The highest BCUT2D eigenvalue weighted by molar-refractivity contribution is 5.78. The second-order valence-corrected chi connectivity index (χ2v) is 8.71. The van der Waals surface area contributed by atoms with E-state index in [9.17, 15) is 0 Å². The van der Waals surface area contributed by atoms with E-state index in [1.807, 2.05) is 22.9 Å². The molecule has 0 saturated heterocycles. The molecule has 3 heteroatoms. The van der Waals surface area contributed by atoms with Crippen LogP contribution in [-0.4, -0.2) is 16.9 Å². The highest BCUT2D eigenvalue weighted by atomic mass is 16.5. The fourth-order valence-electron chi connectivity index (χ4n) is 3.08. The van der Waals surface area contributed by atoms with Crippen molar-refractivity contribution in [2.75, 3.05) is 7.11 Å². The van der Waals surface area contributed by atoms with Crippen molar-refractivity contribution in [3.8, 4) is 11.4 Å². The van der Waals surface area contributed by atoms with E-state index in [2.05, 4.69) is 65.9 Å². The fraction of sp³-hybridized carbons (Fsp3) is 0.409. The lowest BCUT2D eigenvalue weighted by Crippen LogP contribution is -2.19. The summed E-state index contributed by atoms with van der Waals surface area (Å²) in [6.45, 7) is 13.4. The molecule has 0 aliphatic carbocycles. The fourth-order valence-corrected chi connectivity index (χ4v) is 3.08. The summed E-state index contributed by atoms with van der Waals surface area (Å²) in [6.07, 6.45) is 2.08. The maximum absolute atomic E-state index is 5.86. The Bertz CT molecular complexity index is 875. The molecule has 2 aromatic carbocycles. The van der Waals surface area contributed by atoms with E-state index >= 15 is 0 Å². The van der Waals surface area contributed by atoms with Gasteiger partial charge in [-0.1, -0.05) is 65.8 Å². The van der Waals surface area contributed by atoms with Gasteiger partial charge in [0.1, 0.15) is 11.4 Å². The largest absolute Gasteiger partial charge is 0.494 e. The number of methoxy groups -OCH3 is 1. The molecule has 0 aliphatic rings. The van der Waals surface area contributed by atoms with Crippen LogP contribution < -0.4 is 4.74 Å². The number of fused-ring (bicyclic) bond motifs is 1. The molecular formula is C22H28N2O. The first-order valence-corrected chi connectivity index (χ1v) is 8.79. The predicted molar refractivity (Wildman–Crippen MR) is 105 cm³/mol. The van der Waals surface area contributed by atoms with Crippen molar-refractivity contribution in [3.63, 3.8) is 0 Å². The number of hydrogen-bond donors (Lipinski definition) is 0. The molecule has 1 aromatic heterocycles. The number of hydrogen-bond acceptors (Lipinski definition) is 2. The van der Waals surface area contributed by atoms with E-state index in [-0.39, 0.29) is 10.8 Å². The summed E-state index contributed by atoms with van der Waals surface area (Å²) in [7, 11) is 1.74. The van der Waals surface area contributed by atoms with Crippen LogP contribution in [0.1, 0.15) is 52.7 Å². The molecule has 132 valence electrons. The van der Waals surface area contributed by atoms with Gasteiger partial charge in [0.25, 0.3) is 0 Å². The van der Waals surface area contributed by atoms with Crippen molar-refractivity contribution in [2.45, 2.75) is 52.4 Å². The Kier molecular flexibility index (Phi) is 4.14. The monoisotopic (exact) mass is 336 g/mol. The van der Waals surface area contributed by atoms with Crippen LogP contribution in [0.5, 0.6) is 5.75 Å². The third-order valence-electron chi connectivity index (χ3n) is 4.61. The molecule has 25 heavy (non-hydrogen) atoms. The minimum Gasteiger partial charge on any atom is -0.494 e. The molecule has 0 aliphatic heterocycles. The standard InChI is InChI=1S/C22H28N2O/c1-21(2,3)16-12-17(22(4,5)6)20(25-7)19(13-16)24-14-15-10-8-9-11-18(15)23-24/h8-14H,1-7H3. The molecule has 0 saturated carbocycles. The highest BCUT2D eigenvalue weighted by Gasteiger charge is 2.26. The zero-order chi connectivity index (χ0) is 18.4. The molecule has 0 spiro atoms. The summed E-state index contributed by atoms with van der Waals surface area (Å²) in [5.74, 6) is 0.897. The Hall–Kier alpha value is -2.29. The second-order valence-electron chi connectivity index (χ2n) is 8.71. The van der Waals surface area contributed by atoms with Gasteiger partial charge in [0.2, 0.25) is 0 Å². The Balaban J connectivity index is 2.33. The van der Waals surface area contributed by atoms with Gasteiger partial charge >= 0.3 is 0 Å². The van der Waals surface area contributed by atoms with Crippen LogP contribution in [0.4, 0.5) is 0 Å². The van der Waals surface area contributed by atoms with Crippen molar-refractivity contribution in [1.29, 1.82) is 0 Å². The molecule has 3 aromatic rings. The Morgan fingerprint density at radius 3 is 2.16 bits per heavy atom. The van der Waals surface area contributed by atoms with Crippen molar-refractivity contribution in [3.05, 3.63) is 53.7 Å². The highest BCUT2D eigenvalue weighted by Crippen LogP contribution is 2.40. The molecule has 1 heterocycles. The number of ether oxygens (including phenoxy) is 1. The third-order valence-corrected chi connectivity index (χ3v) is 4.61. The summed E-state index contributed by atoms with van der Waals surface area (Å²) in [5, 5.41) is 5.90. The number of benzene rings is 2. The second kappa shape index (κ2) is 5.91. The van der Waals surface area contributed by atoms with Crippen LogP contribution in [0.3, 0.4) is 0 Å². The molecule has 0 bridgehead atoms. The molecule has 3 rings (SSSR count). The summed E-state index contributed by atoms with van der Waals surface area (Å²) in [6, 6.07) is 12.7. The first-order valence-electron chi connectivity index (χ1n) is 8.79. The SMILES string of the molecule is COc1c(-n2cc3ccccc3n2)cc(C(C)(C)C)cc1C(C)(C)C. The lowest BCUT2D eigenvalue weighted by molar-refractivity contribution is 0.393. The minimum atomic E-state index is -0.0199. The molecule has 0 atom stereocenters. The van der Waals surface area contributed by atoms with Crippen molar-refractivity contribution < 1.29 is 4.74 Å². The van der Waals surface area contributed by atoms with Crippen LogP contribution in [0.15, 0.2) is 42.6 Å². The smallest absolute Gasteiger partial charge is 0.148 e. The average molecular weight is 336 g/mol. The van der Waals surface area contributed by atoms with Gasteiger partial charge in [0.05, 0.1) is 12.6 Å². The topological polar surface area (TPSA) is 27.1 Å². The van der Waals surface area contributed by atoms with Crippen LogP contribution in [0, 0.1) is 0 Å². The van der Waals surface area contributed by atoms with Gasteiger partial charge in [-0.2, -0.15) is 5.10 Å². The number of nitrogens with zero attached hydrogens (tertiary/aromatic N) is 2. The normalized spacial score (nSPS) is 12.6. The average Bonchev–Trinajstić information content (AvgIpc) is 2.95. The molecule has 0 radical (unpaired) electrons. The first-order chi connectivity index (χ1) is 11.6. The zero-order valence-electron chi connectivity index (χ0n) is 16.3. The van der Waals surface area contributed by atoms with E-state index < -0.39 is 0 Å². The number of aromatic nitrogens is 2. The molecule has 0 unspecified atom stereocenters.